The molecule has 0 fully saturated rings. The quantitative estimate of drug-likeness (QED) is 0.852. The second-order valence-electron chi connectivity index (χ2n) is 4.96. The van der Waals surface area contributed by atoms with E-state index in [9.17, 15) is 9.59 Å². The van der Waals surface area contributed by atoms with Gasteiger partial charge in [-0.3, -0.25) is 14.5 Å². The minimum atomic E-state index is -0.606. The van der Waals surface area contributed by atoms with E-state index in [1.54, 1.807) is 18.2 Å². The molecular formula is C13H15ClN2O2. The zero-order valence-electron chi connectivity index (χ0n) is 10.4. The molecule has 0 spiro atoms. The molecule has 1 aromatic carbocycles. The van der Waals surface area contributed by atoms with E-state index < -0.39 is 5.54 Å². The first-order valence-electron chi connectivity index (χ1n) is 5.77. The molecule has 5 heteroatoms. The number of nitrogens with two attached hydrogens (primary N) is 1. The van der Waals surface area contributed by atoms with Crippen molar-refractivity contribution in [3.8, 4) is 0 Å². The normalized spacial score (nSPS) is 15.2. The number of amides is 2. The van der Waals surface area contributed by atoms with Crippen LogP contribution in [-0.4, -0.2) is 28.8 Å². The molecule has 0 radical (unpaired) electrons. The summed E-state index contributed by atoms with van der Waals surface area (Å²) in [6.45, 7) is 4.07. The predicted molar refractivity (Wildman–Crippen MR) is 69.7 cm³/mol. The number of imide groups is 1. The maximum atomic E-state index is 12.3. The van der Waals surface area contributed by atoms with E-state index in [1.807, 2.05) is 13.8 Å². The second kappa shape index (κ2) is 4.37. The van der Waals surface area contributed by atoms with E-state index in [0.29, 0.717) is 29.1 Å². The maximum Gasteiger partial charge on any atom is 0.263 e. The zero-order valence-corrected chi connectivity index (χ0v) is 11.1. The maximum absolute atomic E-state index is 12.3. The van der Waals surface area contributed by atoms with Crippen molar-refractivity contribution in [2.75, 3.05) is 6.54 Å². The predicted octanol–water partition coefficient (Wildman–Crippen LogP) is 2.06. The summed E-state index contributed by atoms with van der Waals surface area (Å²) in [4.78, 5) is 25.9. The molecule has 0 unspecified atom stereocenters. The number of halogens is 1. The molecule has 0 saturated carbocycles. The minimum absolute atomic E-state index is 0.295. The second-order valence-corrected chi connectivity index (χ2v) is 5.37. The summed E-state index contributed by atoms with van der Waals surface area (Å²) in [6.07, 6.45) is 0.552. The fourth-order valence-corrected chi connectivity index (χ4v) is 2.51. The molecule has 1 aliphatic heterocycles. The van der Waals surface area contributed by atoms with Gasteiger partial charge in [0.25, 0.3) is 11.8 Å². The molecule has 2 rings (SSSR count). The van der Waals surface area contributed by atoms with Crippen molar-refractivity contribution in [1.82, 2.24) is 4.90 Å². The fourth-order valence-electron chi connectivity index (χ4n) is 2.26. The van der Waals surface area contributed by atoms with Gasteiger partial charge in [0.1, 0.15) is 0 Å². The highest BCUT2D eigenvalue weighted by molar-refractivity contribution is 6.37. The SMILES string of the molecule is CC(C)(CCN)N1C(=O)c2cccc(Cl)c2C1=O. The largest absolute Gasteiger partial charge is 0.330 e. The summed E-state index contributed by atoms with van der Waals surface area (Å²) in [7, 11) is 0. The Morgan fingerprint density at radius 2 is 1.94 bits per heavy atom. The Morgan fingerprint density at radius 1 is 1.28 bits per heavy atom. The van der Waals surface area contributed by atoms with Crippen LogP contribution in [0.2, 0.25) is 5.02 Å². The molecule has 18 heavy (non-hydrogen) atoms. The molecule has 0 atom stereocenters. The van der Waals surface area contributed by atoms with Gasteiger partial charge in [0.05, 0.1) is 16.1 Å². The summed E-state index contributed by atoms with van der Waals surface area (Å²) in [5.41, 5.74) is 5.60. The highest BCUT2D eigenvalue weighted by Gasteiger charge is 2.44. The van der Waals surface area contributed by atoms with Gasteiger partial charge in [-0.25, -0.2) is 0 Å². The van der Waals surface area contributed by atoms with Gasteiger partial charge < -0.3 is 5.73 Å². The van der Waals surface area contributed by atoms with Gasteiger partial charge in [-0.1, -0.05) is 17.7 Å². The summed E-state index contributed by atoms with van der Waals surface area (Å²) < 4.78 is 0. The number of hydrogen-bond donors (Lipinski definition) is 1. The van der Waals surface area contributed by atoms with Crippen molar-refractivity contribution < 1.29 is 9.59 Å². The molecule has 0 aromatic heterocycles. The monoisotopic (exact) mass is 266 g/mol. The first kappa shape index (κ1) is 13.1. The average Bonchev–Trinajstić information content (AvgIpc) is 2.53. The number of fused-ring (bicyclic) bond motifs is 1. The summed E-state index contributed by atoms with van der Waals surface area (Å²) >= 11 is 6.00. The third-order valence-electron chi connectivity index (χ3n) is 3.23. The minimum Gasteiger partial charge on any atom is -0.330 e. The van der Waals surface area contributed by atoms with E-state index in [2.05, 4.69) is 0 Å². The van der Waals surface area contributed by atoms with Gasteiger partial charge in [-0.15, -0.1) is 0 Å². The Kier molecular flexibility index (Phi) is 3.17. The molecular weight excluding hydrogens is 252 g/mol. The first-order valence-corrected chi connectivity index (χ1v) is 6.15. The van der Waals surface area contributed by atoms with Crippen LogP contribution in [0.1, 0.15) is 41.0 Å². The number of rotatable bonds is 3. The highest BCUT2D eigenvalue weighted by atomic mass is 35.5. The molecule has 0 saturated heterocycles. The number of carbonyl (C=O) groups is 2. The number of carbonyl (C=O) groups excluding carboxylic acids is 2. The van der Waals surface area contributed by atoms with Gasteiger partial charge in [0.2, 0.25) is 0 Å². The van der Waals surface area contributed by atoms with Crippen LogP contribution in [0.25, 0.3) is 0 Å². The van der Waals surface area contributed by atoms with E-state index >= 15 is 0 Å². The lowest BCUT2D eigenvalue weighted by Crippen LogP contribution is -2.48. The van der Waals surface area contributed by atoms with Crippen molar-refractivity contribution in [2.45, 2.75) is 25.8 Å². The van der Waals surface area contributed by atoms with Gasteiger partial charge in [0, 0.05) is 5.54 Å². The lowest BCUT2D eigenvalue weighted by Gasteiger charge is -2.33. The topological polar surface area (TPSA) is 63.4 Å². The Labute approximate surface area is 111 Å². The number of hydrogen-bond acceptors (Lipinski definition) is 3. The van der Waals surface area contributed by atoms with Gasteiger partial charge in [-0.2, -0.15) is 0 Å². The fraction of sp³-hybridized carbons (Fsp3) is 0.385. The molecule has 0 bridgehead atoms. The summed E-state index contributed by atoms with van der Waals surface area (Å²) in [5.74, 6) is -0.630. The van der Waals surface area contributed by atoms with E-state index in [4.69, 9.17) is 17.3 Å². The van der Waals surface area contributed by atoms with Crippen LogP contribution in [0.5, 0.6) is 0 Å². The molecule has 1 aromatic rings. The van der Waals surface area contributed by atoms with Crippen molar-refractivity contribution in [2.24, 2.45) is 5.73 Å². The molecule has 1 aliphatic rings. The van der Waals surface area contributed by atoms with Crippen molar-refractivity contribution >= 4 is 23.4 Å². The van der Waals surface area contributed by atoms with Gasteiger partial charge >= 0.3 is 0 Å². The number of nitrogens with zero attached hydrogens (tertiary/aromatic N) is 1. The average molecular weight is 267 g/mol. The summed E-state index contributed by atoms with van der Waals surface area (Å²) in [6, 6.07) is 4.91. The Bertz CT molecular complexity index is 526. The number of benzene rings is 1. The van der Waals surface area contributed by atoms with E-state index in [0.717, 1.165) is 0 Å². The molecule has 0 aliphatic carbocycles. The summed E-state index contributed by atoms with van der Waals surface area (Å²) in [5, 5.41) is 0.317. The van der Waals surface area contributed by atoms with Crippen LogP contribution in [-0.2, 0) is 0 Å². The third kappa shape index (κ3) is 1.82. The lowest BCUT2D eigenvalue weighted by molar-refractivity contribution is 0.0471. The van der Waals surface area contributed by atoms with Gasteiger partial charge in [-0.05, 0) is 38.9 Å². The standard InChI is InChI=1S/C13H15ClN2O2/c1-13(2,6-7-15)16-11(17)8-4-3-5-9(14)10(8)12(16)18/h3-5H,6-7,15H2,1-2H3. The molecule has 2 N–H and O–H groups in total. The third-order valence-corrected chi connectivity index (χ3v) is 3.54. The molecule has 2 amide bonds. The van der Waals surface area contributed by atoms with Crippen LogP contribution in [0.15, 0.2) is 18.2 Å². The first-order chi connectivity index (χ1) is 8.40. The smallest absolute Gasteiger partial charge is 0.263 e. The van der Waals surface area contributed by atoms with Crippen LogP contribution in [0.4, 0.5) is 0 Å². The van der Waals surface area contributed by atoms with Crippen LogP contribution in [0, 0.1) is 0 Å². The van der Waals surface area contributed by atoms with E-state index in [1.165, 1.54) is 4.90 Å². The van der Waals surface area contributed by atoms with Crippen molar-refractivity contribution in [1.29, 1.82) is 0 Å². The Hall–Kier alpha value is -1.39. The molecule has 1 heterocycles. The van der Waals surface area contributed by atoms with Crippen LogP contribution >= 0.6 is 11.6 Å². The van der Waals surface area contributed by atoms with Crippen molar-refractivity contribution in [3.05, 3.63) is 34.3 Å². The van der Waals surface area contributed by atoms with Crippen LogP contribution in [0.3, 0.4) is 0 Å². The lowest BCUT2D eigenvalue weighted by atomic mass is 9.98. The van der Waals surface area contributed by atoms with E-state index in [-0.39, 0.29) is 11.8 Å². The van der Waals surface area contributed by atoms with Crippen LogP contribution < -0.4 is 5.73 Å². The van der Waals surface area contributed by atoms with Crippen molar-refractivity contribution in [3.63, 3.8) is 0 Å². The molecule has 4 nitrogen and oxygen atoms in total. The molecule has 96 valence electrons. The highest BCUT2D eigenvalue weighted by Crippen LogP contribution is 2.34. The zero-order chi connectivity index (χ0) is 13.5. The Morgan fingerprint density at radius 3 is 2.50 bits per heavy atom. The Balaban J connectivity index is 2.50. The van der Waals surface area contributed by atoms with Gasteiger partial charge in [0.15, 0.2) is 0 Å².